The number of anilines is 1. The topological polar surface area (TPSA) is 89.7 Å². The second-order valence-electron chi connectivity index (χ2n) is 9.17. The number of amides is 1. The Morgan fingerprint density at radius 3 is 2.68 bits per heavy atom. The molecule has 1 N–H and O–H groups in total. The van der Waals surface area contributed by atoms with Gasteiger partial charge in [-0.15, -0.1) is 18.3 Å². The highest BCUT2D eigenvalue weighted by Crippen LogP contribution is 2.50. The van der Waals surface area contributed by atoms with Crippen molar-refractivity contribution in [2.45, 2.75) is 50.1 Å². The van der Waals surface area contributed by atoms with Crippen LogP contribution in [0.4, 0.5) is 23.6 Å². The van der Waals surface area contributed by atoms with Gasteiger partial charge in [0.15, 0.2) is 6.61 Å². The van der Waals surface area contributed by atoms with Crippen molar-refractivity contribution in [2.24, 2.45) is 5.41 Å². The normalized spacial score (nSPS) is 23.7. The minimum Gasteiger partial charge on any atom is -0.484 e. The van der Waals surface area contributed by atoms with Gasteiger partial charge in [0, 0.05) is 36.5 Å². The Bertz CT molecular complexity index is 1060. The summed E-state index contributed by atoms with van der Waals surface area (Å²) < 4.78 is 65.1. The Morgan fingerprint density at radius 1 is 1.26 bits per heavy atom. The summed E-state index contributed by atoms with van der Waals surface area (Å²) in [5, 5.41) is 10.9. The first kappa shape index (κ1) is 23.2. The lowest BCUT2D eigenvalue weighted by molar-refractivity contribution is -0.352. The molecule has 5 rings (SSSR count). The van der Waals surface area contributed by atoms with Crippen LogP contribution in [0.3, 0.4) is 0 Å². The van der Waals surface area contributed by atoms with Gasteiger partial charge in [0.05, 0.1) is 11.1 Å². The monoisotopic (exact) mass is 504 g/mol. The molecule has 0 atom stereocenters. The summed E-state index contributed by atoms with van der Waals surface area (Å²) in [4.78, 5) is 14.0. The van der Waals surface area contributed by atoms with Gasteiger partial charge in [0.2, 0.25) is 5.89 Å². The molecule has 2 aromatic rings. The highest BCUT2D eigenvalue weighted by Gasteiger charge is 2.54. The average Bonchev–Trinajstić information content (AvgIpc) is 3.14. The molecule has 1 aromatic carbocycles. The number of hydrogen-bond donors (Lipinski definition) is 1. The second-order valence-corrected chi connectivity index (χ2v) is 9.58. The molecular weight excluding hydrogens is 484 g/mol. The molecule has 2 heterocycles. The predicted molar refractivity (Wildman–Crippen MR) is 110 cm³/mol. The maximum atomic E-state index is 13.4. The Kier molecular flexibility index (Phi) is 5.83. The summed E-state index contributed by atoms with van der Waals surface area (Å²) in [6.07, 6.45) is -3.51. The van der Waals surface area contributed by atoms with Gasteiger partial charge in [-0.05, 0) is 37.8 Å². The van der Waals surface area contributed by atoms with Crippen molar-refractivity contribution in [3.63, 3.8) is 0 Å². The maximum Gasteiger partial charge on any atom is 0.522 e. The number of hydrogen-bond acceptors (Lipinski definition) is 7. The number of carbonyl (C=O) groups is 1. The van der Waals surface area contributed by atoms with Gasteiger partial charge in [-0.3, -0.25) is 9.53 Å². The summed E-state index contributed by atoms with van der Waals surface area (Å²) in [6, 6.07) is 4.36. The van der Waals surface area contributed by atoms with Crippen LogP contribution in [-0.2, 0) is 9.53 Å². The van der Waals surface area contributed by atoms with Crippen molar-refractivity contribution < 1.29 is 36.2 Å². The maximum absolute atomic E-state index is 13.4. The smallest absolute Gasteiger partial charge is 0.484 e. The average molecular weight is 505 g/mol. The number of carbonyl (C=O) groups excluding carboxylic acids is 1. The van der Waals surface area contributed by atoms with Crippen LogP contribution in [0.25, 0.3) is 0 Å². The molecule has 0 radical (unpaired) electrons. The van der Waals surface area contributed by atoms with Crippen LogP contribution in [0.2, 0.25) is 5.02 Å². The number of benzene rings is 1. The summed E-state index contributed by atoms with van der Waals surface area (Å²) in [6.45, 7) is 1.18. The minimum absolute atomic E-state index is 0.0185. The van der Waals surface area contributed by atoms with Gasteiger partial charge in [-0.25, -0.2) is 4.39 Å². The van der Waals surface area contributed by atoms with Crippen LogP contribution in [0.15, 0.2) is 22.6 Å². The molecule has 1 saturated heterocycles. The number of ether oxygens (including phenoxy) is 2. The van der Waals surface area contributed by atoms with E-state index in [0.717, 1.165) is 18.9 Å². The third kappa shape index (κ3) is 4.92. The Balaban J connectivity index is 1.01. The van der Waals surface area contributed by atoms with E-state index in [0.29, 0.717) is 25.0 Å². The van der Waals surface area contributed by atoms with E-state index in [1.54, 1.807) is 0 Å². The van der Waals surface area contributed by atoms with Crippen molar-refractivity contribution in [3.05, 3.63) is 34.9 Å². The number of rotatable bonds is 7. The standard InChI is InChI=1S/C21H21ClF4N4O4/c22-15-2-1-13(5-16(15)23)32-8-17(31)27-12-6-20(7-12)9-30(10-20)19-29-28-18(33-19)11-3-14(4-11)34-21(24,25)26/h1-2,5,11-12,14H,3-4,6-10H2,(H,27,31)/t11-,14-. The zero-order valence-electron chi connectivity index (χ0n) is 17.8. The third-order valence-electron chi connectivity index (χ3n) is 6.48. The molecule has 1 spiro atoms. The molecule has 0 unspecified atom stereocenters. The first-order chi connectivity index (χ1) is 16.1. The van der Waals surface area contributed by atoms with Gasteiger partial charge < -0.3 is 19.4 Å². The lowest BCUT2D eigenvalue weighted by Crippen LogP contribution is -2.67. The zero-order valence-corrected chi connectivity index (χ0v) is 18.5. The summed E-state index contributed by atoms with van der Waals surface area (Å²) in [5.41, 5.74) is 0.0643. The molecule has 13 heteroatoms. The Hall–Kier alpha value is -2.60. The van der Waals surface area contributed by atoms with Crippen LogP contribution < -0.4 is 15.0 Å². The summed E-state index contributed by atoms with van der Waals surface area (Å²) >= 11 is 5.62. The lowest BCUT2D eigenvalue weighted by Gasteiger charge is -2.58. The number of alkyl halides is 3. The summed E-state index contributed by atoms with van der Waals surface area (Å²) in [5.74, 6) is -0.575. The van der Waals surface area contributed by atoms with Crippen LogP contribution in [0, 0.1) is 11.2 Å². The fraction of sp³-hybridized carbons (Fsp3) is 0.571. The van der Waals surface area contributed by atoms with Crippen LogP contribution in [0.1, 0.15) is 37.5 Å². The molecule has 8 nitrogen and oxygen atoms in total. The van der Waals surface area contributed by atoms with Crippen molar-refractivity contribution in [3.8, 4) is 5.75 Å². The molecule has 2 saturated carbocycles. The van der Waals surface area contributed by atoms with Crippen molar-refractivity contribution in [1.29, 1.82) is 0 Å². The van der Waals surface area contributed by atoms with E-state index in [4.69, 9.17) is 20.8 Å². The number of aromatic nitrogens is 2. The molecule has 3 aliphatic rings. The van der Waals surface area contributed by atoms with E-state index >= 15 is 0 Å². The zero-order chi connectivity index (χ0) is 24.1. The SMILES string of the molecule is O=C(COc1ccc(Cl)c(F)c1)NC1CC2(C1)CN(c1nnc([C@H]3C[C@H](OC(F)(F)F)C3)o1)C2. The molecule has 3 fully saturated rings. The summed E-state index contributed by atoms with van der Waals surface area (Å²) in [7, 11) is 0. The van der Waals surface area contributed by atoms with Crippen molar-refractivity contribution in [1.82, 2.24) is 15.5 Å². The van der Waals surface area contributed by atoms with E-state index < -0.39 is 18.3 Å². The molecule has 1 aliphatic heterocycles. The molecule has 0 bridgehead atoms. The quantitative estimate of drug-likeness (QED) is 0.573. The molecule has 34 heavy (non-hydrogen) atoms. The second kappa shape index (κ2) is 8.56. The van der Waals surface area contributed by atoms with Crippen molar-refractivity contribution >= 4 is 23.5 Å². The van der Waals surface area contributed by atoms with E-state index in [9.17, 15) is 22.4 Å². The fourth-order valence-corrected chi connectivity index (χ4v) is 4.92. The third-order valence-corrected chi connectivity index (χ3v) is 6.79. The first-order valence-electron chi connectivity index (χ1n) is 10.8. The van der Waals surface area contributed by atoms with Gasteiger partial charge >= 0.3 is 12.4 Å². The van der Waals surface area contributed by atoms with Gasteiger partial charge in [0.1, 0.15) is 11.6 Å². The van der Waals surface area contributed by atoms with E-state index in [1.807, 2.05) is 4.90 Å². The van der Waals surface area contributed by atoms with E-state index in [1.165, 1.54) is 12.1 Å². The van der Waals surface area contributed by atoms with E-state index in [2.05, 4.69) is 20.3 Å². The number of nitrogens with one attached hydrogen (secondary N) is 1. The molecule has 1 aromatic heterocycles. The first-order valence-corrected chi connectivity index (χ1v) is 11.2. The largest absolute Gasteiger partial charge is 0.522 e. The van der Waals surface area contributed by atoms with Gasteiger partial charge in [-0.2, -0.15) is 0 Å². The van der Waals surface area contributed by atoms with Gasteiger partial charge in [0.25, 0.3) is 5.91 Å². The number of halogens is 5. The minimum atomic E-state index is -4.63. The van der Waals surface area contributed by atoms with Gasteiger partial charge in [-0.1, -0.05) is 16.7 Å². The van der Waals surface area contributed by atoms with Crippen LogP contribution >= 0.6 is 11.6 Å². The number of nitrogens with zero attached hydrogens (tertiary/aromatic N) is 3. The predicted octanol–water partition coefficient (Wildman–Crippen LogP) is 3.81. The Labute approximate surface area is 196 Å². The van der Waals surface area contributed by atoms with Crippen LogP contribution in [-0.4, -0.2) is 54.3 Å². The molecule has 2 aliphatic carbocycles. The van der Waals surface area contributed by atoms with E-state index in [-0.39, 0.29) is 53.5 Å². The van der Waals surface area contributed by atoms with Crippen LogP contribution in [0.5, 0.6) is 5.75 Å². The highest BCUT2D eigenvalue weighted by molar-refractivity contribution is 6.30. The lowest BCUT2D eigenvalue weighted by atomic mass is 9.61. The molecule has 1 amide bonds. The fourth-order valence-electron chi connectivity index (χ4n) is 4.80. The van der Waals surface area contributed by atoms with Crippen molar-refractivity contribution in [2.75, 3.05) is 24.6 Å². The molecule has 184 valence electrons. The Morgan fingerprint density at radius 2 is 2.00 bits per heavy atom. The molecular formula is C21H21ClF4N4O4. The highest BCUT2D eigenvalue weighted by atomic mass is 35.5.